The molecule has 0 atom stereocenters. The highest BCUT2D eigenvalue weighted by Crippen LogP contribution is 2.23. The van der Waals surface area contributed by atoms with E-state index in [1.165, 1.54) is 18.0 Å². The van der Waals surface area contributed by atoms with Gasteiger partial charge in [-0.1, -0.05) is 43.5 Å². The van der Waals surface area contributed by atoms with E-state index in [4.69, 9.17) is 0 Å². The lowest BCUT2D eigenvalue weighted by molar-refractivity contribution is 0.974. The van der Waals surface area contributed by atoms with Gasteiger partial charge < -0.3 is 0 Å². The standard InChI is InChI=1S/C15H14N4OS/c1-4-6-8-10(7-5-2)13-17-11-9-16-19-14(20)12(11)15(18-13)21-3/h4-9H,1-2H2,3H3,(H,19,20)/b8-6-,10-7+. The first-order chi connectivity index (χ1) is 10.2. The smallest absolute Gasteiger partial charge is 0.267 e. The van der Waals surface area contributed by atoms with Crippen LogP contribution in [0.4, 0.5) is 0 Å². The maximum absolute atomic E-state index is 11.9. The number of fused-ring (bicyclic) bond motifs is 1. The zero-order valence-corrected chi connectivity index (χ0v) is 12.4. The summed E-state index contributed by atoms with van der Waals surface area (Å²) in [6.45, 7) is 7.33. The molecule has 0 aliphatic carbocycles. The lowest BCUT2D eigenvalue weighted by Gasteiger charge is -2.06. The van der Waals surface area contributed by atoms with Crippen LogP contribution in [-0.4, -0.2) is 26.4 Å². The van der Waals surface area contributed by atoms with Crippen molar-refractivity contribution in [2.75, 3.05) is 6.26 Å². The predicted molar refractivity (Wildman–Crippen MR) is 87.2 cm³/mol. The monoisotopic (exact) mass is 298 g/mol. The number of hydrogen-bond acceptors (Lipinski definition) is 5. The molecule has 5 nitrogen and oxygen atoms in total. The van der Waals surface area contributed by atoms with Gasteiger partial charge >= 0.3 is 0 Å². The summed E-state index contributed by atoms with van der Waals surface area (Å²) in [6, 6.07) is 0. The molecule has 0 saturated heterocycles. The Balaban J connectivity index is 2.73. The van der Waals surface area contributed by atoms with Gasteiger partial charge in [0.05, 0.1) is 6.20 Å². The highest BCUT2D eigenvalue weighted by Gasteiger charge is 2.12. The zero-order valence-electron chi connectivity index (χ0n) is 11.5. The van der Waals surface area contributed by atoms with Crippen molar-refractivity contribution in [3.05, 3.63) is 65.9 Å². The molecule has 2 aromatic rings. The molecule has 0 spiro atoms. The number of aromatic nitrogens is 4. The minimum Gasteiger partial charge on any atom is -0.267 e. The van der Waals surface area contributed by atoms with Gasteiger partial charge in [0.2, 0.25) is 0 Å². The lowest BCUT2D eigenvalue weighted by atomic mass is 10.2. The van der Waals surface area contributed by atoms with E-state index >= 15 is 0 Å². The van der Waals surface area contributed by atoms with Gasteiger partial charge in [0.1, 0.15) is 15.9 Å². The normalized spacial score (nSPS) is 12.0. The topological polar surface area (TPSA) is 71.5 Å². The van der Waals surface area contributed by atoms with E-state index in [9.17, 15) is 4.79 Å². The van der Waals surface area contributed by atoms with Crippen molar-refractivity contribution in [3.8, 4) is 0 Å². The van der Waals surface area contributed by atoms with E-state index in [2.05, 4.69) is 33.3 Å². The Morgan fingerprint density at radius 1 is 1.33 bits per heavy atom. The van der Waals surface area contributed by atoms with E-state index in [-0.39, 0.29) is 5.56 Å². The first kappa shape index (κ1) is 14.9. The van der Waals surface area contributed by atoms with Gasteiger partial charge in [-0.25, -0.2) is 15.1 Å². The minimum atomic E-state index is -0.292. The summed E-state index contributed by atoms with van der Waals surface area (Å²) in [7, 11) is 0. The van der Waals surface area contributed by atoms with Gasteiger partial charge in [0.15, 0.2) is 5.82 Å². The minimum absolute atomic E-state index is 0.292. The molecule has 2 aromatic heterocycles. The fourth-order valence-electron chi connectivity index (χ4n) is 1.75. The molecule has 0 amide bonds. The largest absolute Gasteiger partial charge is 0.276 e. The van der Waals surface area contributed by atoms with Crippen molar-refractivity contribution in [3.63, 3.8) is 0 Å². The molecule has 0 unspecified atom stereocenters. The van der Waals surface area contributed by atoms with Gasteiger partial charge in [-0.2, -0.15) is 5.10 Å². The Morgan fingerprint density at radius 3 is 2.81 bits per heavy atom. The fourth-order valence-corrected chi connectivity index (χ4v) is 2.33. The van der Waals surface area contributed by atoms with Gasteiger partial charge in [-0.05, 0) is 6.26 Å². The van der Waals surface area contributed by atoms with E-state index < -0.39 is 0 Å². The third-order valence-corrected chi connectivity index (χ3v) is 3.33. The van der Waals surface area contributed by atoms with Crippen LogP contribution in [0.25, 0.3) is 16.5 Å². The van der Waals surface area contributed by atoms with Gasteiger partial charge in [-0.15, -0.1) is 11.8 Å². The second-order valence-electron chi connectivity index (χ2n) is 3.97. The van der Waals surface area contributed by atoms with Gasteiger partial charge in [0.25, 0.3) is 5.56 Å². The molecular weight excluding hydrogens is 284 g/mol. The van der Waals surface area contributed by atoms with Crippen molar-refractivity contribution in [2.24, 2.45) is 0 Å². The highest BCUT2D eigenvalue weighted by molar-refractivity contribution is 7.98. The third-order valence-electron chi connectivity index (χ3n) is 2.64. The summed E-state index contributed by atoms with van der Waals surface area (Å²) in [5.41, 5.74) is 0.997. The van der Waals surface area contributed by atoms with Crippen molar-refractivity contribution in [1.29, 1.82) is 0 Å². The van der Waals surface area contributed by atoms with Crippen LogP contribution < -0.4 is 5.56 Å². The SMILES string of the molecule is C=C/C=C\C(=C/C=C)c1nc(SC)c2c(=O)[nH]ncc2n1. The lowest BCUT2D eigenvalue weighted by Crippen LogP contribution is -2.11. The zero-order chi connectivity index (χ0) is 15.2. The molecule has 0 saturated carbocycles. The predicted octanol–water partition coefficient (Wildman–Crippen LogP) is 2.75. The van der Waals surface area contributed by atoms with Crippen LogP contribution in [0.2, 0.25) is 0 Å². The van der Waals surface area contributed by atoms with Crippen LogP contribution in [0.5, 0.6) is 0 Å². The number of hydrogen-bond donors (Lipinski definition) is 1. The van der Waals surface area contributed by atoms with E-state index in [0.717, 1.165) is 5.57 Å². The average molecular weight is 298 g/mol. The first-order valence-electron chi connectivity index (χ1n) is 6.13. The molecule has 0 aromatic carbocycles. The number of H-pyrrole nitrogens is 1. The summed E-state index contributed by atoms with van der Waals surface area (Å²) in [6.07, 6.45) is 12.1. The second-order valence-corrected chi connectivity index (χ2v) is 4.76. The molecule has 21 heavy (non-hydrogen) atoms. The number of rotatable bonds is 5. The summed E-state index contributed by atoms with van der Waals surface area (Å²) in [5, 5.41) is 7.25. The molecule has 0 fully saturated rings. The van der Waals surface area contributed by atoms with Crippen LogP contribution >= 0.6 is 11.8 Å². The molecular formula is C15H14N4OS. The Bertz CT molecular complexity index is 805. The molecule has 0 aliphatic rings. The quantitative estimate of drug-likeness (QED) is 0.522. The van der Waals surface area contributed by atoms with Crippen LogP contribution in [0.3, 0.4) is 0 Å². The molecule has 106 valence electrons. The summed E-state index contributed by atoms with van der Waals surface area (Å²) >= 11 is 1.39. The average Bonchev–Trinajstić information content (AvgIpc) is 2.50. The Hall–Kier alpha value is -2.47. The molecule has 6 heteroatoms. The molecule has 2 rings (SSSR count). The summed E-state index contributed by atoms with van der Waals surface area (Å²) in [4.78, 5) is 20.7. The molecule has 0 aliphatic heterocycles. The second kappa shape index (κ2) is 6.81. The molecule has 2 heterocycles. The van der Waals surface area contributed by atoms with Crippen molar-refractivity contribution < 1.29 is 0 Å². The van der Waals surface area contributed by atoms with Gasteiger partial charge in [0, 0.05) is 5.57 Å². The fraction of sp³-hybridized carbons (Fsp3) is 0.0667. The van der Waals surface area contributed by atoms with Crippen molar-refractivity contribution in [1.82, 2.24) is 20.2 Å². The maximum Gasteiger partial charge on any atom is 0.276 e. The van der Waals surface area contributed by atoms with Gasteiger partial charge in [-0.3, -0.25) is 4.79 Å². The molecule has 0 bridgehead atoms. The third kappa shape index (κ3) is 3.17. The Morgan fingerprint density at radius 2 is 2.14 bits per heavy atom. The Kier molecular flexibility index (Phi) is 4.84. The van der Waals surface area contributed by atoms with Crippen LogP contribution in [0.15, 0.2) is 59.6 Å². The van der Waals surface area contributed by atoms with Crippen LogP contribution in [0.1, 0.15) is 5.82 Å². The first-order valence-corrected chi connectivity index (χ1v) is 7.35. The molecule has 0 radical (unpaired) electrons. The van der Waals surface area contributed by atoms with Crippen molar-refractivity contribution >= 4 is 28.2 Å². The number of nitrogens with zero attached hydrogens (tertiary/aromatic N) is 3. The highest BCUT2D eigenvalue weighted by atomic mass is 32.2. The summed E-state index contributed by atoms with van der Waals surface area (Å²) in [5.74, 6) is 0.511. The molecule has 1 N–H and O–H groups in total. The summed E-state index contributed by atoms with van der Waals surface area (Å²) < 4.78 is 0. The maximum atomic E-state index is 11.9. The number of nitrogens with one attached hydrogen (secondary N) is 1. The van der Waals surface area contributed by atoms with Crippen LogP contribution in [-0.2, 0) is 0 Å². The van der Waals surface area contributed by atoms with E-state index in [0.29, 0.717) is 21.8 Å². The number of aromatic amines is 1. The van der Waals surface area contributed by atoms with Crippen molar-refractivity contribution in [2.45, 2.75) is 5.03 Å². The van der Waals surface area contributed by atoms with Crippen LogP contribution in [0, 0.1) is 0 Å². The Labute approximate surface area is 126 Å². The van der Waals surface area contributed by atoms with E-state index in [1.54, 1.807) is 24.3 Å². The number of allylic oxidation sites excluding steroid dienone is 6. The number of thioether (sulfide) groups is 1. The van der Waals surface area contributed by atoms with E-state index in [1.807, 2.05) is 12.3 Å².